The molecule has 3 heterocycles. The fraction of sp³-hybridized carbons (Fsp3) is 0.167. The van der Waals surface area contributed by atoms with Crippen molar-refractivity contribution in [2.24, 2.45) is 0 Å². The van der Waals surface area contributed by atoms with Crippen molar-refractivity contribution >= 4 is 11.0 Å². The standard InChI is InChI=1S/C18H17N5O/c1-23(11-15-6-7-19-12-20-15)10-14-9-21-22-18(14)17-8-13-4-2-3-5-16(13)24-17/h2-9,12H,10-11H2,1H3,(H,21,22). The summed E-state index contributed by atoms with van der Waals surface area (Å²) in [6.45, 7) is 1.49. The Morgan fingerprint density at radius 3 is 2.92 bits per heavy atom. The molecule has 0 saturated carbocycles. The van der Waals surface area contributed by atoms with Crippen LogP contribution in [0.4, 0.5) is 0 Å². The van der Waals surface area contributed by atoms with Crippen molar-refractivity contribution in [2.45, 2.75) is 13.1 Å². The van der Waals surface area contributed by atoms with Crippen molar-refractivity contribution in [3.63, 3.8) is 0 Å². The van der Waals surface area contributed by atoms with Crippen molar-refractivity contribution in [3.05, 3.63) is 66.4 Å². The Hall–Kier alpha value is -2.99. The van der Waals surface area contributed by atoms with Crippen LogP contribution in [0.25, 0.3) is 22.4 Å². The summed E-state index contributed by atoms with van der Waals surface area (Å²) in [6, 6.07) is 11.9. The molecule has 6 nitrogen and oxygen atoms in total. The van der Waals surface area contributed by atoms with Gasteiger partial charge in [0.05, 0.1) is 11.9 Å². The first-order valence-corrected chi connectivity index (χ1v) is 7.74. The van der Waals surface area contributed by atoms with Crippen LogP contribution < -0.4 is 0 Å². The molecule has 0 saturated heterocycles. The topological polar surface area (TPSA) is 70.8 Å². The first-order chi connectivity index (χ1) is 11.8. The number of fused-ring (bicyclic) bond motifs is 1. The minimum absolute atomic E-state index is 0.743. The second-order valence-corrected chi connectivity index (χ2v) is 5.79. The number of nitrogens with one attached hydrogen (secondary N) is 1. The summed E-state index contributed by atoms with van der Waals surface area (Å²) in [4.78, 5) is 10.4. The van der Waals surface area contributed by atoms with Gasteiger partial charge in [-0.05, 0) is 25.2 Å². The van der Waals surface area contributed by atoms with Gasteiger partial charge in [0.2, 0.25) is 0 Å². The Morgan fingerprint density at radius 2 is 2.08 bits per heavy atom. The number of aromatic amines is 1. The van der Waals surface area contributed by atoms with E-state index in [9.17, 15) is 0 Å². The molecule has 3 aromatic heterocycles. The van der Waals surface area contributed by atoms with Crippen LogP contribution in [-0.2, 0) is 13.1 Å². The average molecular weight is 319 g/mol. The molecule has 4 rings (SSSR count). The highest BCUT2D eigenvalue weighted by Crippen LogP contribution is 2.29. The molecule has 1 aromatic carbocycles. The maximum Gasteiger partial charge on any atom is 0.153 e. The number of para-hydroxylation sites is 1. The van der Waals surface area contributed by atoms with Gasteiger partial charge < -0.3 is 4.42 Å². The number of hydrogen-bond acceptors (Lipinski definition) is 5. The van der Waals surface area contributed by atoms with E-state index in [-0.39, 0.29) is 0 Å². The Labute approximate surface area is 139 Å². The summed E-state index contributed by atoms with van der Waals surface area (Å²) in [7, 11) is 2.05. The second kappa shape index (κ2) is 6.25. The first kappa shape index (κ1) is 14.6. The number of rotatable bonds is 5. The lowest BCUT2D eigenvalue weighted by Gasteiger charge is -2.15. The molecule has 4 aromatic rings. The van der Waals surface area contributed by atoms with E-state index in [1.807, 2.05) is 42.6 Å². The molecule has 0 amide bonds. The van der Waals surface area contributed by atoms with E-state index in [4.69, 9.17) is 4.42 Å². The van der Waals surface area contributed by atoms with Crippen LogP contribution in [0.15, 0.2) is 59.5 Å². The predicted octanol–water partition coefficient (Wildman–Crippen LogP) is 3.24. The molecule has 0 radical (unpaired) electrons. The zero-order valence-electron chi connectivity index (χ0n) is 13.3. The summed E-state index contributed by atoms with van der Waals surface area (Å²) in [6.07, 6.45) is 5.17. The van der Waals surface area contributed by atoms with Gasteiger partial charge in [-0.25, -0.2) is 9.97 Å². The van der Waals surface area contributed by atoms with Crippen molar-refractivity contribution < 1.29 is 4.42 Å². The molecule has 1 N–H and O–H groups in total. The van der Waals surface area contributed by atoms with Crippen LogP contribution in [0.2, 0.25) is 0 Å². The molecule has 6 heteroatoms. The molecule has 0 fully saturated rings. The molecule has 0 aliphatic carbocycles. The van der Waals surface area contributed by atoms with Gasteiger partial charge in [0.25, 0.3) is 0 Å². The quantitative estimate of drug-likeness (QED) is 0.611. The fourth-order valence-electron chi connectivity index (χ4n) is 2.78. The average Bonchev–Trinajstić information content (AvgIpc) is 3.21. The van der Waals surface area contributed by atoms with E-state index >= 15 is 0 Å². The second-order valence-electron chi connectivity index (χ2n) is 5.79. The normalized spacial score (nSPS) is 11.4. The maximum atomic E-state index is 5.94. The molecule has 0 unspecified atom stereocenters. The number of furan rings is 1. The van der Waals surface area contributed by atoms with Crippen LogP contribution in [-0.4, -0.2) is 32.1 Å². The largest absolute Gasteiger partial charge is 0.454 e. The van der Waals surface area contributed by atoms with Crippen LogP contribution >= 0.6 is 0 Å². The summed E-state index contributed by atoms with van der Waals surface area (Å²) in [5, 5.41) is 8.33. The smallest absolute Gasteiger partial charge is 0.153 e. The lowest BCUT2D eigenvalue weighted by atomic mass is 10.2. The highest BCUT2D eigenvalue weighted by molar-refractivity contribution is 5.82. The lowest BCUT2D eigenvalue weighted by molar-refractivity contribution is 0.315. The van der Waals surface area contributed by atoms with Crippen molar-refractivity contribution in [1.82, 2.24) is 25.1 Å². The summed E-state index contributed by atoms with van der Waals surface area (Å²) in [5.74, 6) is 0.805. The van der Waals surface area contributed by atoms with Gasteiger partial charge in [0.15, 0.2) is 5.76 Å². The Kier molecular flexibility index (Phi) is 3.80. The number of H-pyrrole nitrogens is 1. The van der Waals surface area contributed by atoms with Crippen LogP contribution in [0.3, 0.4) is 0 Å². The van der Waals surface area contributed by atoms with Crippen molar-refractivity contribution in [3.8, 4) is 11.5 Å². The monoisotopic (exact) mass is 319 g/mol. The maximum absolute atomic E-state index is 5.94. The van der Waals surface area contributed by atoms with Crippen molar-refractivity contribution in [1.29, 1.82) is 0 Å². The molecule has 0 aliphatic heterocycles. The molecular formula is C18H17N5O. The van der Waals surface area contributed by atoms with E-state index < -0.39 is 0 Å². The molecule has 24 heavy (non-hydrogen) atoms. The van der Waals surface area contributed by atoms with Crippen LogP contribution in [0.1, 0.15) is 11.3 Å². The van der Waals surface area contributed by atoms with Gasteiger partial charge in [-0.15, -0.1) is 0 Å². The van der Waals surface area contributed by atoms with E-state index in [0.29, 0.717) is 0 Å². The Bertz CT molecular complexity index is 911. The van der Waals surface area contributed by atoms with Gasteiger partial charge in [-0.2, -0.15) is 5.10 Å². The number of nitrogens with zero attached hydrogens (tertiary/aromatic N) is 4. The highest BCUT2D eigenvalue weighted by Gasteiger charge is 2.14. The van der Waals surface area contributed by atoms with Crippen LogP contribution in [0, 0.1) is 0 Å². The third-order valence-electron chi connectivity index (χ3n) is 3.91. The summed E-state index contributed by atoms with van der Waals surface area (Å²) in [5.41, 5.74) is 3.87. The molecule has 0 bridgehead atoms. The Balaban J connectivity index is 1.56. The third kappa shape index (κ3) is 2.91. The molecular weight excluding hydrogens is 302 g/mol. The first-order valence-electron chi connectivity index (χ1n) is 7.74. The fourth-order valence-corrected chi connectivity index (χ4v) is 2.78. The minimum atomic E-state index is 0.743. The van der Waals surface area contributed by atoms with E-state index in [1.165, 1.54) is 0 Å². The molecule has 0 atom stereocenters. The molecule has 0 spiro atoms. The third-order valence-corrected chi connectivity index (χ3v) is 3.91. The van der Waals surface area contributed by atoms with Gasteiger partial charge in [0.1, 0.15) is 17.6 Å². The highest BCUT2D eigenvalue weighted by atomic mass is 16.3. The molecule has 0 aliphatic rings. The van der Waals surface area contributed by atoms with Gasteiger partial charge in [0, 0.05) is 30.2 Å². The Morgan fingerprint density at radius 1 is 1.17 bits per heavy atom. The zero-order valence-corrected chi connectivity index (χ0v) is 13.3. The summed E-state index contributed by atoms with van der Waals surface area (Å²) >= 11 is 0. The lowest BCUT2D eigenvalue weighted by Crippen LogP contribution is -2.18. The van der Waals surface area contributed by atoms with Gasteiger partial charge in [-0.3, -0.25) is 10.00 Å². The number of hydrogen-bond donors (Lipinski definition) is 1. The van der Waals surface area contributed by atoms with E-state index in [2.05, 4.69) is 32.1 Å². The zero-order chi connectivity index (χ0) is 16.4. The molecule has 120 valence electrons. The summed E-state index contributed by atoms with van der Waals surface area (Å²) < 4.78 is 5.94. The predicted molar refractivity (Wildman–Crippen MR) is 91.0 cm³/mol. The minimum Gasteiger partial charge on any atom is -0.454 e. The number of benzene rings is 1. The van der Waals surface area contributed by atoms with E-state index in [0.717, 1.165) is 46.8 Å². The van der Waals surface area contributed by atoms with Crippen LogP contribution in [0.5, 0.6) is 0 Å². The SMILES string of the molecule is CN(Cc1ccncn1)Cc1cn[nH]c1-c1cc2ccccc2o1. The van der Waals surface area contributed by atoms with Crippen molar-refractivity contribution in [2.75, 3.05) is 7.05 Å². The van der Waals surface area contributed by atoms with Gasteiger partial charge >= 0.3 is 0 Å². The number of aromatic nitrogens is 4. The van der Waals surface area contributed by atoms with E-state index in [1.54, 1.807) is 12.5 Å². The van der Waals surface area contributed by atoms with Gasteiger partial charge in [-0.1, -0.05) is 18.2 Å².